The van der Waals surface area contributed by atoms with Crippen LogP contribution in [-0.4, -0.2) is 23.2 Å². The molecule has 1 aromatic rings. The summed E-state index contributed by atoms with van der Waals surface area (Å²) in [5.41, 5.74) is -0.246. The number of halogens is 2. The van der Waals surface area contributed by atoms with Gasteiger partial charge in [-0.2, -0.15) is 0 Å². The molecule has 2 N–H and O–H groups in total. The Kier molecular flexibility index (Phi) is 3.34. The Morgan fingerprint density at radius 1 is 1.56 bits per heavy atom. The molecule has 18 heavy (non-hydrogen) atoms. The summed E-state index contributed by atoms with van der Waals surface area (Å²) >= 11 is 5.75. The number of nitrogens with one attached hydrogen (secondary N) is 1. The predicted molar refractivity (Wildman–Crippen MR) is 67.1 cm³/mol. The number of carbonyl (C=O) groups is 1. The number of aliphatic hydroxyl groups is 1. The molecular weight excluding hydrogens is 257 g/mol. The van der Waals surface area contributed by atoms with E-state index in [4.69, 9.17) is 11.6 Å². The molecule has 2 rings (SSSR count). The quantitative estimate of drug-likeness (QED) is 0.868. The van der Waals surface area contributed by atoms with E-state index in [1.807, 2.05) is 13.8 Å². The van der Waals surface area contributed by atoms with Gasteiger partial charge in [-0.05, 0) is 18.6 Å². The summed E-state index contributed by atoms with van der Waals surface area (Å²) in [6, 6.07) is 4.00. The second-order valence-electron chi connectivity index (χ2n) is 5.20. The van der Waals surface area contributed by atoms with Crippen molar-refractivity contribution in [1.82, 2.24) is 5.32 Å². The van der Waals surface area contributed by atoms with Crippen LogP contribution in [-0.2, 0) is 0 Å². The minimum atomic E-state index is -0.614. The van der Waals surface area contributed by atoms with E-state index in [1.165, 1.54) is 18.2 Å². The van der Waals surface area contributed by atoms with E-state index >= 15 is 0 Å². The molecule has 0 aromatic heterocycles. The molecule has 1 aromatic carbocycles. The molecule has 2 atom stereocenters. The smallest absolute Gasteiger partial charge is 0.253 e. The largest absolute Gasteiger partial charge is 0.392 e. The zero-order valence-electron chi connectivity index (χ0n) is 10.2. The monoisotopic (exact) mass is 271 g/mol. The molecule has 0 bridgehead atoms. The van der Waals surface area contributed by atoms with Crippen molar-refractivity contribution in [2.24, 2.45) is 5.41 Å². The number of carbonyl (C=O) groups excluding carboxylic acids is 1. The first-order valence-electron chi connectivity index (χ1n) is 5.77. The molecule has 2 unspecified atom stereocenters. The first kappa shape index (κ1) is 13.3. The third kappa shape index (κ3) is 2.10. The van der Waals surface area contributed by atoms with E-state index in [0.717, 1.165) is 0 Å². The van der Waals surface area contributed by atoms with Crippen LogP contribution in [0.1, 0.15) is 30.6 Å². The minimum absolute atomic E-state index is 0.119. The fraction of sp³-hybridized carbons (Fsp3) is 0.462. The maximum Gasteiger partial charge on any atom is 0.253 e. The van der Waals surface area contributed by atoms with E-state index in [9.17, 15) is 14.3 Å². The van der Waals surface area contributed by atoms with Crippen LogP contribution in [0.2, 0.25) is 5.02 Å². The van der Waals surface area contributed by atoms with Crippen LogP contribution in [0.5, 0.6) is 0 Å². The van der Waals surface area contributed by atoms with Gasteiger partial charge in [-0.15, -0.1) is 0 Å². The lowest BCUT2D eigenvalue weighted by molar-refractivity contribution is -0.0689. The summed E-state index contributed by atoms with van der Waals surface area (Å²) in [7, 11) is 0. The summed E-state index contributed by atoms with van der Waals surface area (Å²) in [6.45, 7) is 3.75. The lowest BCUT2D eigenvalue weighted by Crippen LogP contribution is -2.61. The van der Waals surface area contributed by atoms with Gasteiger partial charge in [-0.25, -0.2) is 4.39 Å². The van der Waals surface area contributed by atoms with E-state index in [1.54, 1.807) is 0 Å². The van der Waals surface area contributed by atoms with Crippen molar-refractivity contribution < 1.29 is 14.3 Å². The minimum Gasteiger partial charge on any atom is -0.392 e. The van der Waals surface area contributed by atoms with Gasteiger partial charge >= 0.3 is 0 Å². The highest BCUT2D eigenvalue weighted by atomic mass is 35.5. The van der Waals surface area contributed by atoms with Crippen LogP contribution >= 0.6 is 11.6 Å². The van der Waals surface area contributed by atoms with Crippen LogP contribution in [0.3, 0.4) is 0 Å². The van der Waals surface area contributed by atoms with Crippen molar-refractivity contribution in [3.8, 4) is 0 Å². The molecule has 1 fully saturated rings. The normalized spacial score (nSPS) is 25.4. The Morgan fingerprint density at radius 3 is 2.78 bits per heavy atom. The van der Waals surface area contributed by atoms with E-state index in [-0.39, 0.29) is 22.0 Å². The molecule has 0 heterocycles. The highest BCUT2D eigenvalue weighted by molar-refractivity contribution is 6.34. The molecule has 98 valence electrons. The van der Waals surface area contributed by atoms with Gasteiger partial charge in [0.25, 0.3) is 5.91 Å². The predicted octanol–water partition coefficient (Wildman–Crippen LogP) is 2.37. The summed E-state index contributed by atoms with van der Waals surface area (Å²) in [4.78, 5) is 12.0. The molecule has 5 heteroatoms. The van der Waals surface area contributed by atoms with Crippen LogP contribution in [0.25, 0.3) is 0 Å². The van der Waals surface area contributed by atoms with Gasteiger partial charge in [0.05, 0.1) is 16.7 Å². The lowest BCUT2D eigenvalue weighted by Gasteiger charge is -2.49. The summed E-state index contributed by atoms with van der Waals surface area (Å²) in [5.74, 6) is -1.03. The Morgan fingerprint density at radius 2 is 2.22 bits per heavy atom. The van der Waals surface area contributed by atoms with E-state index in [2.05, 4.69) is 5.32 Å². The van der Waals surface area contributed by atoms with Crippen molar-refractivity contribution in [3.05, 3.63) is 34.6 Å². The number of hydrogen-bond donors (Lipinski definition) is 2. The van der Waals surface area contributed by atoms with E-state index in [0.29, 0.717) is 6.42 Å². The molecule has 0 saturated heterocycles. The molecule has 1 aliphatic rings. The van der Waals surface area contributed by atoms with Gasteiger partial charge in [-0.3, -0.25) is 4.79 Å². The summed E-state index contributed by atoms with van der Waals surface area (Å²) < 4.78 is 13.2. The highest BCUT2D eigenvalue weighted by Crippen LogP contribution is 2.40. The van der Waals surface area contributed by atoms with Crippen LogP contribution < -0.4 is 5.32 Å². The van der Waals surface area contributed by atoms with Gasteiger partial charge in [0.15, 0.2) is 0 Å². The molecule has 0 radical (unpaired) electrons. The van der Waals surface area contributed by atoms with Crippen LogP contribution in [0, 0.1) is 11.2 Å². The first-order valence-corrected chi connectivity index (χ1v) is 6.14. The third-order valence-electron chi connectivity index (χ3n) is 3.72. The van der Waals surface area contributed by atoms with Crippen molar-refractivity contribution in [1.29, 1.82) is 0 Å². The highest BCUT2D eigenvalue weighted by Gasteiger charge is 2.48. The van der Waals surface area contributed by atoms with Gasteiger partial charge in [-0.1, -0.05) is 31.5 Å². The fourth-order valence-corrected chi connectivity index (χ4v) is 2.27. The fourth-order valence-electron chi connectivity index (χ4n) is 2.06. The van der Waals surface area contributed by atoms with Crippen molar-refractivity contribution in [3.63, 3.8) is 0 Å². The van der Waals surface area contributed by atoms with Crippen molar-refractivity contribution in [2.75, 3.05) is 0 Å². The van der Waals surface area contributed by atoms with Gasteiger partial charge in [0.2, 0.25) is 0 Å². The molecule has 1 amide bonds. The zero-order valence-corrected chi connectivity index (χ0v) is 11.0. The van der Waals surface area contributed by atoms with Crippen LogP contribution in [0.15, 0.2) is 18.2 Å². The van der Waals surface area contributed by atoms with Gasteiger partial charge in [0, 0.05) is 11.5 Å². The molecule has 0 spiro atoms. The second kappa shape index (κ2) is 4.52. The number of aliphatic hydroxyl groups excluding tert-OH is 1. The average molecular weight is 272 g/mol. The molecule has 0 aliphatic heterocycles. The number of benzene rings is 1. The summed E-state index contributed by atoms with van der Waals surface area (Å²) in [6.07, 6.45) is 0.0804. The van der Waals surface area contributed by atoms with Gasteiger partial charge < -0.3 is 10.4 Å². The SMILES string of the molecule is CC1(C)C(O)CC1NC(=O)c1cccc(F)c1Cl. The molecule has 1 aliphatic carbocycles. The number of hydrogen-bond acceptors (Lipinski definition) is 2. The van der Waals surface area contributed by atoms with Crippen LogP contribution in [0.4, 0.5) is 4.39 Å². The second-order valence-corrected chi connectivity index (χ2v) is 5.58. The van der Waals surface area contributed by atoms with E-state index < -0.39 is 17.8 Å². The zero-order chi connectivity index (χ0) is 13.5. The third-order valence-corrected chi connectivity index (χ3v) is 4.10. The van der Waals surface area contributed by atoms with Crippen molar-refractivity contribution in [2.45, 2.75) is 32.4 Å². The average Bonchev–Trinajstić information content (AvgIpc) is 2.32. The Balaban J connectivity index is 2.12. The Hall–Kier alpha value is -1.13. The lowest BCUT2D eigenvalue weighted by atomic mass is 9.64. The van der Waals surface area contributed by atoms with Crippen molar-refractivity contribution >= 4 is 17.5 Å². The topological polar surface area (TPSA) is 49.3 Å². The summed E-state index contributed by atoms with van der Waals surface area (Å²) in [5, 5.41) is 12.2. The molecule has 3 nitrogen and oxygen atoms in total. The maximum atomic E-state index is 13.2. The van der Waals surface area contributed by atoms with Gasteiger partial charge in [0.1, 0.15) is 5.82 Å². The molecular formula is C13H15ClFNO2. The number of rotatable bonds is 2. The Labute approximate surface area is 110 Å². The first-order chi connectivity index (χ1) is 8.34. The Bertz CT molecular complexity index is 490. The number of amides is 1. The molecule has 1 saturated carbocycles. The maximum absolute atomic E-state index is 13.2. The standard InChI is InChI=1S/C13H15ClFNO2/c1-13(2)9(6-10(13)17)16-12(18)7-4-3-5-8(15)11(7)14/h3-5,9-10,17H,6H2,1-2H3,(H,16,18).